The minimum atomic E-state index is -3.76. The van der Waals surface area contributed by atoms with E-state index in [4.69, 9.17) is 16.3 Å². The Morgan fingerprint density at radius 1 is 1.23 bits per heavy atom. The minimum Gasteiger partial charge on any atom is -0.493 e. The Hall–Kier alpha value is -2.46. The summed E-state index contributed by atoms with van der Waals surface area (Å²) < 4.78 is 33.0. The van der Waals surface area contributed by atoms with Crippen molar-refractivity contribution in [1.29, 1.82) is 0 Å². The van der Waals surface area contributed by atoms with Crippen LogP contribution in [0, 0.1) is 0 Å². The minimum absolute atomic E-state index is 0.0405. The Bertz CT molecular complexity index is 1190. The van der Waals surface area contributed by atoms with Crippen LogP contribution >= 0.6 is 22.9 Å². The fourth-order valence-corrected chi connectivity index (χ4v) is 4.99. The van der Waals surface area contributed by atoms with Crippen LogP contribution in [0.4, 0.5) is 5.13 Å². The van der Waals surface area contributed by atoms with Gasteiger partial charge in [0.2, 0.25) is 10.0 Å². The van der Waals surface area contributed by atoms with E-state index in [0.717, 1.165) is 5.56 Å². The molecule has 0 bridgehead atoms. The number of rotatable bonds is 8. The van der Waals surface area contributed by atoms with E-state index < -0.39 is 15.9 Å². The number of nitrogens with zero attached hydrogens (tertiary/aromatic N) is 1. The van der Waals surface area contributed by atoms with Crippen LogP contribution in [-0.4, -0.2) is 32.0 Å². The second kappa shape index (κ2) is 9.78. The number of halogens is 1. The predicted molar refractivity (Wildman–Crippen MR) is 124 cm³/mol. The van der Waals surface area contributed by atoms with Crippen molar-refractivity contribution in [3.05, 3.63) is 58.4 Å². The van der Waals surface area contributed by atoms with Crippen LogP contribution in [0.2, 0.25) is 5.02 Å². The highest BCUT2D eigenvalue weighted by Crippen LogP contribution is 2.32. The lowest BCUT2D eigenvalue weighted by molar-refractivity contribution is 0.102. The summed E-state index contributed by atoms with van der Waals surface area (Å²) in [6.07, 6.45) is 0. The highest BCUT2D eigenvalue weighted by molar-refractivity contribution is 7.89. The van der Waals surface area contributed by atoms with Gasteiger partial charge in [-0.05, 0) is 51.1 Å². The topological polar surface area (TPSA) is 97.4 Å². The number of amides is 1. The van der Waals surface area contributed by atoms with Crippen LogP contribution < -0.4 is 14.8 Å². The van der Waals surface area contributed by atoms with E-state index in [1.54, 1.807) is 13.8 Å². The fraction of sp³-hybridized carbons (Fsp3) is 0.238. The van der Waals surface area contributed by atoms with Gasteiger partial charge < -0.3 is 4.74 Å². The second-order valence-corrected chi connectivity index (χ2v) is 9.82. The summed E-state index contributed by atoms with van der Waals surface area (Å²) in [5.74, 6) is 0.150. The van der Waals surface area contributed by atoms with E-state index in [1.807, 2.05) is 36.6 Å². The molecular weight excluding hydrogens is 458 g/mol. The van der Waals surface area contributed by atoms with Gasteiger partial charge in [-0.3, -0.25) is 10.1 Å². The monoisotopic (exact) mass is 479 g/mol. The van der Waals surface area contributed by atoms with Gasteiger partial charge >= 0.3 is 0 Å². The molecule has 0 saturated heterocycles. The molecule has 0 aliphatic heterocycles. The summed E-state index contributed by atoms with van der Waals surface area (Å²) in [5.41, 5.74) is 1.51. The number of ether oxygens (including phenoxy) is 1. The lowest BCUT2D eigenvalue weighted by atomic mass is 10.1. The summed E-state index contributed by atoms with van der Waals surface area (Å²) in [6, 6.07) is 11.2. The number of benzene rings is 2. The number of aromatic nitrogens is 1. The number of carbonyl (C=O) groups is 1. The Kier molecular flexibility index (Phi) is 7.32. The normalized spacial score (nSPS) is 11.5. The highest BCUT2D eigenvalue weighted by Gasteiger charge is 2.20. The highest BCUT2D eigenvalue weighted by atomic mass is 35.5. The van der Waals surface area contributed by atoms with Crippen molar-refractivity contribution in [2.75, 3.05) is 11.9 Å². The van der Waals surface area contributed by atoms with Gasteiger partial charge in [0.25, 0.3) is 5.91 Å². The Morgan fingerprint density at radius 2 is 1.97 bits per heavy atom. The molecule has 0 atom stereocenters. The average molecular weight is 480 g/mol. The van der Waals surface area contributed by atoms with Gasteiger partial charge in [0.1, 0.15) is 5.75 Å². The quantitative estimate of drug-likeness (QED) is 0.483. The molecule has 1 heterocycles. The summed E-state index contributed by atoms with van der Waals surface area (Å²) in [6.45, 7) is 5.85. The molecule has 0 aliphatic carbocycles. The Balaban J connectivity index is 1.84. The first kappa shape index (κ1) is 23.2. The first-order chi connectivity index (χ1) is 14.7. The van der Waals surface area contributed by atoms with Gasteiger partial charge in [-0.2, -0.15) is 0 Å². The summed E-state index contributed by atoms with van der Waals surface area (Å²) in [7, 11) is -3.76. The number of anilines is 1. The van der Waals surface area contributed by atoms with E-state index in [0.29, 0.717) is 23.2 Å². The Labute approximate surface area is 190 Å². The van der Waals surface area contributed by atoms with Crippen molar-refractivity contribution < 1.29 is 17.9 Å². The third kappa shape index (κ3) is 5.62. The van der Waals surface area contributed by atoms with E-state index in [1.165, 1.54) is 29.5 Å². The zero-order valence-electron chi connectivity index (χ0n) is 17.2. The van der Waals surface area contributed by atoms with Crippen LogP contribution in [0.1, 0.15) is 31.1 Å². The fourth-order valence-electron chi connectivity index (χ4n) is 2.80. The molecule has 164 valence electrons. The maximum atomic E-state index is 12.8. The van der Waals surface area contributed by atoms with Crippen molar-refractivity contribution in [2.45, 2.75) is 31.7 Å². The number of thiazole rings is 1. The van der Waals surface area contributed by atoms with Gasteiger partial charge in [-0.25, -0.2) is 18.1 Å². The average Bonchev–Trinajstić information content (AvgIpc) is 3.16. The molecule has 0 unspecified atom stereocenters. The molecule has 0 radical (unpaired) electrons. The predicted octanol–water partition coefficient (Wildman–Crippen LogP) is 4.80. The standard InChI is InChI=1S/C21H22ClN3O4S2/c1-4-29-19-8-6-5-7-15(19)18-12-30-21(23-18)24-20(26)16-11-14(9-10-17(16)22)31(27,28)25-13(2)3/h5-13,25H,4H2,1-3H3,(H,23,24,26). The SMILES string of the molecule is CCOc1ccccc1-c1csc(NC(=O)c2cc(S(=O)(=O)NC(C)C)ccc2Cl)n1. The van der Waals surface area contributed by atoms with Crippen molar-refractivity contribution in [3.63, 3.8) is 0 Å². The summed E-state index contributed by atoms with van der Waals surface area (Å²) >= 11 is 7.41. The van der Waals surface area contributed by atoms with Gasteiger partial charge in [-0.1, -0.05) is 23.7 Å². The van der Waals surface area contributed by atoms with Crippen molar-refractivity contribution in [1.82, 2.24) is 9.71 Å². The molecule has 2 N–H and O–H groups in total. The summed E-state index contributed by atoms with van der Waals surface area (Å²) in [4.78, 5) is 17.2. The first-order valence-corrected chi connectivity index (χ1v) is 12.3. The number of sulfonamides is 1. The van der Waals surface area contributed by atoms with Crippen LogP contribution in [0.3, 0.4) is 0 Å². The third-order valence-electron chi connectivity index (χ3n) is 4.07. The Morgan fingerprint density at radius 3 is 2.68 bits per heavy atom. The number of para-hydroxylation sites is 1. The van der Waals surface area contributed by atoms with E-state index >= 15 is 0 Å². The van der Waals surface area contributed by atoms with E-state index in [9.17, 15) is 13.2 Å². The molecular formula is C21H22ClN3O4S2. The maximum Gasteiger partial charge on any atom is 0.259 e. The molecule has 1 aromatic heterocycles. The van der Waals surface area contributed by atoms with Crippen LogP contribution in [-0.2, 0) is 10.0 Å². The lowest BCUT2D eigenvalue weighted by Crippen LogP contribution is -2.30. The number of carbonyl (C=O) groups excluding carboxylic acids is 1. The number of nitrogens with one attached hydrogen (secondary N) is 2. The zero-order valence-corrected chi connectivity index (χ0v) is 19.6. The molecule has 3 aromatic rings. The van der Waals surface area contributed by atoms with E-state index in [2.05, 4.69) is 15.0 Å². The van der Waals surface area contributed by atoms with Crippen LogP contribution in [0.25, 0.3) is 11.3 Å². The van der Waals surface area contributed by atoms with Gasteiger partial charge in [0.15, 0.2) is 5.13 Å². The molecule has 10 heteroatoms. The molecule has 3 rings (SSSR count). The largest absolute Gasteiger partial charge is 0.493 e. The molecule has 7 nitrogen and oxygen atoms in total. The molecule has 0 aliphatic rings. The van der Waals surface area contributed by atoms with Gasteiger partial charge in [0.05, 0.1) is 27.8 Å². The second-order valence-electron chi connectivity index (χ2n) is 6.84. The van der Waals surface area contributed by atoms with Gasteiger partial charge in [-0.15, -0.1) is 11.3 Å². The molecule has 0 saturated carbocycles. The van der Waals surface area contributed by atoms with Crippen molar-refractivity contribution >= 4 is 44.0 Å². The maximum absolute atomic E-state index is 12.8. The summed E-state index contributed by atoms with van der Waals surface area (Å²) in [5, 5.41) is 4.99. The van der Waals surface area contributed by atoms with Gasteiger partial charge in [0, 0.05) is 17.0 Å². The molecule has 2 aromatic carbocycles. The molecule has 0 spiro atoms. The van der Waals surface area contributed by atoms with Crippen molar-refractivity contribution in [3.8, 4) is 17.0 Å². The van der Waals surface area contributed by atoms with Crippen LogP contribution in [0.15, 0.2) is 52.7 Å². The smallest absolute Gasteiger partial charge is 0.259 e. The number of hydrogen-bond donors (Lipinski definition) is 2. The number of hydrogen-bond acceptors (Lipinski definition) is 6. The first-order valence-electron chi connectivity index (χ1n) is 9.52. The third-order valence-corrected chi connectivity index (χ3v) is 6.81. The zero-order chi connectivity index (χ0) is 22.6. The molecule has 0 fully saturated rings. The lowest BCUT2D eigenvalue weighted by Gasteiger charge is -2.11. The molecule has 1 amide bonds. The molecule has 31 heavy (non-hydrogen) atoms. The van der Waals surface area contributed by atoms with Crippen molar-refractivity contribution in [2.24, 2.45) is 0 Å². The van der Waals surface area contributed by atoms with E-state index in [-0.39, 0.29) is 21.5 Å². The van der Waals surface area contributed by atoms with Crippen LogP contribution in [0.5, 0.6) is 5.75 Å².